The second kappa shape index (κ2) is 9.06. The van der Waals surface area contributed by atoms with Gasteiger partial charge in [-0.15, -0.1) is 0 Å². The van der Waals surface area contributed by atoms with Crippen molar-refractivity contribution in [1.29, 1.82) is 0 Å². The van der Waals surface area contributed by atoms with Gasteiger partial charge in [-0.05, 0) is 29.8 Å². The van der Waals surface area contributed by atoms with Gasteiger partial charge >= 0.3 is 0 Å². The van der Waals surface area contributed by atoms with Crippen molar-refractivity contribution in [2.45, 2.75) is 13.8 Å². The zero-order chi connectivity index (χ0) is 14.1. The lowest BCUT2D eigenvalue weighted by Crippen LogP contribution is -2.32. The first-order valence-corrected chi connectivity index (χ1v) is 7.16. The zero-order valence-electron chi connectivity index (χ0n) is 11.4. The van der Waals surface area contributed by atoms with Gasteiger partial charge in [0.15, 0.2) is 0 Å². The summed E-state index contributed by atoms with van der Waals surface area (Å²) in [5.41, 5.74) is 5.64. The highest BCUT2D eigenvalue weighted by molar-refractivity contribution is 9.10. The monoisotopic (exact) mass is 332 g/mol. The largest absolute Gasteiger partial charge is 0.380 e. The standard InChI is InChI=1S/C12H21BrN4O2/c1-3-18-7-5-17(6-8-19-4-2)11-10(13)9-15-12(14)16-11/h9H,3-8H2,1-2H3,(H2,14,15,16). The second-order valence-electron chi connectivity index (χ2n) is 3.78. The maximum absolute atomic E-state index is 5.64. The predicted molar refractivity (Wildman–Crippen MR) is 79.3 cm³/mol. The van der Waals surface area contributed by atoms with Crippen LogP contribution in [0.15, 0.2) is 10.7 Å². The highest BCUT2D eigenvalue weighted by atomic mass is 79.9. The Balaban J connectivity index is 2.72. The van der Waals surface area contributed by atoms with Gasteiger partial charge < -0.3 is 20.1 Å². The predicted octanol–water partition coefficient (Wildman–Crippen LogP) is 1.70. The van der Waals surface area contributed by atoms with Gasteiger partial charge in [0.05, 0.1) is 17.7 Å². The van der Waals surface area contributed by atoms with Crippen LogP contribution in [0.5, 0.6) is 0 Å². The molecule has 0 aliphatic carbocycles. The number of anilines is 2. The first-order chi connectivity index (χ1) is 9.19. The van der Waals surface area contributed by atoms with Gasteiger partial charge in [-0.2, -0.15) is 4.98 Å². The number of hydrogen-bond acceptors (Lipinski definition) is 6. The van der Waals surface area contributed by atoms with E-state index in [0.717, 1.165) is 23.4 Å². The van der Waals surface area contributed by atoms with Crippen LogP contribution in [0.4, 0.5) is 11.8 Å². The van der Waals surface area contributed by atoms with E-state index in [1.807, 2.05) is 13.8 Å². The highest BCUT2D eigenvalue weighted by Crippen LogP contribution is 2.23. The van der Waals surface area contributed by atoms with Crippen molar-refractivity contribution >= 4 is 27.7 Å². The van der Waals surface area contributed by atoms with Gasteiger partial charge in [0.2, 0.25) is 5.95 Å². The second-order valence-corrected chi connectivity index (χ2v) is 4.63. The minimum Gasteiger partial charge on any atom is -0.380 e. The number of ether oxygens (including phenoxy) is 2. The highest BCUT2D eigenvalue weighted by Gasteiger charge is 2.12. The Morgan fingerprint density at radius 3 is 2.32 bits per heavy atom. The molecule has 6 nitrogen and oxygen atoms in total. The molecule has 0 saturated heterocycles. The molecule has 0 unspecified atom stereocenters. The van der Waals surface area contributed by atoms with Crippen LogP contribution in [0.3, 0.4) is 0 Å². The Hall–Kier alpha value is -0.920. The van der Waals surface area contributed by atoms with E-state index in [1.54, 1.807) is 6.20 Å². The van der Waals surface area contributed by atoms with Crippen molar-refractivity contribution in [3.63, 3.8) is 0 Å². The third kappa shape index (κ3) is 5.71. The molecule has 0 saturated carbocycles. The van der Waals surface area contributed by atoms with Crippen LogP contribution >= 0.6 is 15.9 Å². The lowest BCUT2D eigenvalue weighted by molar-refractivity contribution is 0.141. The van der Waals surface area contributed by atoms with Crippen LogP contribution in [0, 0.1) is 0 Å². The molecular formula is C12H21BrN4O2. The lowest BCUT2D eigenvalue weighted by atomic mass is 10.4. The van der Waals surface area contributed by atoms with Crippen molar-refractivity contribution in [3.8, 4) is 0 Å². The summed E-state index contributed by atoms with van der Waals surface area (Å²) in [4.78, 5) is 10.3. The molecule has 0 fully saturated rings. The number of rotatable bonds is 9. The Morgan fingerprint density at radius 2 is 1.79 bits per heavy atom. The van der Waals surface area contributed by atoms with E-state index < -0.39 is 0 Å². The minimum absolute atomic E-state index is 0.260. The summed E-state index contributed by atoms with van der Waals surface area (Å²) in [6.45, 7) is 8.09. The fraction of sp³-hybridized carbons (Fsp3) is 0.667. The van der Waals surface area contributed by atoms with Crippen molar-refractivity contribution in [2.75, 3.05) is 50.2 Å². The van der Waals surface area contributed by atoms with E-state index in [4.69, 9.17) is 15.2 Å². The fourth-order valence-electron chi connectivity index (χ4n) is 1.55. The molecule has 1 aromatic heterocycles. The first kappa shape index (κ1) is 16.1. The number of nitrogens with two attached hydrogens (primary N) is 1. The zero-order valence-corrected chi connectivity index (χ0v) is 13.0. The SMILES string of the molecule is CCOCCN(CCOCC)c1nc(N)ncc1Br. The number of nitrogens with zero attached hydrogens (tertiary/aromatic N) is 3. The Morgan fingerprint density at radius 1 is 1.21 bits per heavy atom. The molecule has 108 valence electrons. The molecule has 0 atom stereocenters. The van der Waals surface area contributed by atoms with Gasteiger partial charge in [0, 0.05) is 32.5 Å². The molecule has 0 radical (unpaired) electrons. The van der Waals surface area contributed by atoms with Crippen LogP contribution in [0.1, 0.15) is 13.8 Å². The fourth-order valence-corrected chi connectivity index (χ4v) is 2.00. The lowest BCUT2D eigenvalue weighted by Gasteiger charge is -2.24. The summed E-state index contributed by atoms with van der Waals surface area (Å²) >= 11 is 3.45. The number of hydrogen-bond donors (Lipinski definition) is 1. The van der Waals surface area contributed by atoms with Crippen LogP contribution in [0.25, 0.3) is 0 Å². The van der Waals surface area contributed by atoms with Crippen LogP contribution < -0.4 is 10.6 Å². The summed E-state index contributed by atoms with van der Waals surface area (Å²) in [7, 11) is 0. The number of aromatic nitrogens is 2. The average molecular weight is 333 g/mol. The maximum atomic E-state index is 5.64. The van der Waals surface area contributed by atoms with Gasteiger partial charge in [-0.3, -0.25) is 0 Å². The third-order valence-corrected chi connectivity index (χ3v) is 3.02. The molecule has 7 heteroatoms. The molecule has 1 rings (SSSR count). The van der Waals surface area contributed by atoms with E-state index in [0.29, 0.717) is 26.4 Å². The molecule has 19 heavy (non-hydrogen) atoms. The molecule has 2 N–H and O–H groups in total. The topological polar surface area (TPSA) is 73.5 Å². The normalized spacial score (nSPS) is 10.7. The molecular weight excluding hydrogens is 312 g/mol. The molecule has 0 bridgehead atoms. The quantitative estimate of drug-likeness (QED) is 0.694. The van der Waals surface area contributed by atoms with Crippen LogP contribution in [-0.4, -0.2) is 49.5 Å². The van der Waals surface area contributed by atoms with E-state index >= 15 is 0 Å². The van der Waals surface area contributed by atoms with Gasteiger partial charge in [0.25, 0.3) is 0 Å². The van der Waals surface area contributed by atoms with E-state index in [9.17, 15) is 0 Å². The molecule has 0 aromatic carbocycles. The van der Waals surface area contributed by atoms with Gasteiger partial charge in [-0.1, -0.05) is 0 Å². The summed E-state index contributed by atoms with van der Waals surface area (Å²) in [5.74, 6) is 1.03. The summed E-state index contributed by atoms with van der Waals surface area (Å²) < 4.78 is 11.6. The number of halogens is 1. The van der Waals surface area contributed by atoms with E-state index in [2.05, 4.69) is 30.8 Å². The Bertz CT molecular complexity index is 369. The molecule has 0 spiro atoms. The molecule has 0 aliphatic heterocycles. The van der Waals surface area contributed by atoms with E-state index in [1.165, 1.54) is 0 Å². The van der Waals surface area contributed by atoms with Crippen molar-refractivity contribution in [2.24, 2.45) is 0 Å². The van der Waals surface area contributed by atoms with Crippen molar-refractivity contribution in [1.82, 2.24) is 9.97 Å². The number of nitrogen functional groups attached to an aromatic ring is 1. The van der Waals surface area contributed by atoms with E-state index in [-0.39, 0.29) is 5.95 Å². The Kier molecular flexibility index (Phi) is 7.69. The summed E-state index contributed by atoms with van der Waals surface area (Å²) in [6.07, 6.45) is 1.66. The van der Waals surface area contributed by atoms with Gasteiger partial charge in [0.1, 0.15) is 5.82 Å². The summed E-state index contributed by atoms with van der Waals surface area (Å²) in [6, 6.07) is 0. The van der Waals surface area contributed by atoms with Crippen LogP contribution in [-0.2, 0) is 9.47 Å². The van der Waals surface area contributed by atoms with Crippen molar-refractivity contribution < 1.29 is 9.47 Å². The molecule has 0 amide bonds. The minimum atomic E-state index is 0.260. The maximum Gasteiger partial charge on any atom is 0.222 e. The van der Waals surface area contributed by atoms with Gasteiger partial charge in [-0.25, -0.2) is 4.98 Å². The van der Waals surface area contributed by atoms with Crippen molar-refractivity contribution in [3.05, 3.63) is 10.7 Å². The molecule has 1 heterocycles. The third-order valence-electron chi connectivity index (χ3n) is 2.46. The molecule has 0 aliphatic rings. The average Bonchev–Trinajstić information content (AvgIpc) is 2.40. The smallest absolute Gasteiger partial charge is 0.222 e. The van der Waals surface area contributed by atoms with Crippen LogP contribution in [0.2, 0.25) is 0 Å². The summed E-state index contributed by atoms with van der Waals surface area (Å²) in [5, 5.41) is 0. The molecule has 1 aromatic rings. The first-order valence-electron chi connectivity index (χ1n) is 6.37. The Labute approximate surface area is 122 Å².